The van der Waals surface area contributed by atoms with E-state index in [2.05, 4.69) is 0 Å². The van der Waals surface area contributed by atoms with Crippen molar-refractivity contribution in [1.29, 1.82) is 0 Å². The molecule has 5 nitrogen and oxygen atoms in total. The summed E-state index contributed by atoms with van der Waals surface area (Å²) < 4.78 is 0.419. The lowest BCUT2D eigenvalue weighted by Crippen LogP contribution is -2.45. The summed E-state index contributed by atoms with van der Waals surface area (Å²) in [5.74, 6) is -1.00. The molecule has 5 heteroatoms. The zero-order valence-electron chi connectivity index (χ0n) is 6.47. The predicted molar refractivity (Wildman–Crippen MR) is 35.1 cm³/mol. The number of likely N-dealkylation sites (N-methyl/N-ethyl adjacent to an activating group) is 1. The molecule has 0 aliphatic rings. The number of carbonyl (C=O) groups excluding carboxylic acids is 1. The van der Waals surface area contributed by atoms with Gasteiger partial charge in [0, 0.05) is 0 Å². The summed E-state index contributed by atoms with van der Waals surface area (Å²) in [5.41, 5.74) is 0. The second-order valence-corrected chi connectivity index (χ2v) is 2.82. The first kappa shape index (κ1) is 16.2. The Morgan fingerprint density at radius 2 is 1.60 bits per heavy atom. The highest BCUT2D eigenvalue weighted by Gasteiger charge is 2.04. The molecule has 0 atom stereocenters. The Bertz CT molecular complexity index is 96.3. The van der Waals surface area contributed by atoms with Crippen LogP contribution in [0.15, 0.2) is 0 Å². The highest BCUT2D eigenvalue weighted by Crippen LogP contribution is 1.84. The van der Waals surface area contributed by atoms with E-state index in [1.54, 1.807) is 21.1 Å². The van der Waals surface area contributed by atoms with Crippen molar-refractivity contribution in [2.24, 2.45) is 0 Å². The lowest BCUT2D eigenvalue weighted by atomic mass is 10.5. The Morgan fingerprint density at radius 1 is 1.30 bits per heavy atom. The predicted octanol–water partition coefficient (Wildman–Crippen LogP) is -3.21. The van der Waals surface area contributed by atoms with E-state index in [1.807, 2.05) is 0 Å². The van der Waals surface area contributed by atoms with Crippen LogP contribution < -0.4 is 5.11 Å². The molecular weight excluding hydrogens is 138 g/mol. The lowest BCUT2D eigenvalue weighted by Gasteiger charge is -2.23. The van der Waals surface area contributed by atoms with Crippen LogP contribution in [-0.2, 0) is 4.79 Å². The van der Waals surface area contributed by atoms with Crippen LogP contribution in [0.4, 0.5) is 0 Å². The van der Waals surface area contributed by atoms with E-state index in [0.717, 1.165) is 0 Å². The van der Waals surface area contributed by atoms with Crippen LogP contribution >= 0.6 is 0 Å². The highest BCUT2D eigenvalue weighted by molar-refractivity contribution is 5.65. The van der Waals surface area contributed by atoms with Gasteiger partial charge in [-0.2, -0.15) is 0 Å². The molecule has 0 aliphatic heterocycles. The Labute approximate surface area is 60.1 Å². The summed E-state index contributed by atoms with van der Waals surface area (Å²) in [6.45, 7) is 0.0694. The molecule has 10 heavy (non-hydrogen) atoms. The van der Waals surface area contributed by atoms with E-state index in [4.69, 9.17) is 0 Å². The van der Waals surface area contributed by atoms with E-state index in [9.17, 15) is 9.90 Å². The van der Waals surface area contributed by atoms with Crippen LogP contribution in [0.1, 0.15) is 0 Å². The molecule has 0 bridgehead atoms. The van der Waals surface area contributed by atoms with Crippen LogP contribution in [0.5, 0.6) is 0 Å². The number of hydrogen-bond donors (Lipinski definition) is 0. The molecule has 0 amide bonds. The van der Waals surface area contributed by atoms with E-state index in [-0.39, 0.29) is 17.5 Å². The summed E-state index contributed by atoms with van der Waals surface area (Å²) in [6.07, 6.45) is 0. The van der Waals surface area contributed by atoms with Gasteiger partial charge in [-0.3, -0.25) is 0 Å². The summed E-state index contributed by atoms with van der Waals surface area (Å²) in [6, 6.07) is 0. The van der Waals surface area contributed by atoms with Crippen LogP contribution in [-0.4, -0.2) is 49.1 Å². The molecule has 0 aromatic heterocycles. The largest absolute Gasteiger partial charge is 0.544 e. The first-order chi connectivity index (χ1) is 3.42. The van der Waals surface area contributed by atoms with Gasteiger partial charge >= 0.3 is 0 Å². The number of aliphatic carboxylic acids is 1. The number of quaternary nitrogens is 1. The van der Waals surface area contributed by atoms with Crippen molar-refractivity contribution < 1.29 is 25.3 Å². The van der Waals surface area contributed by atoms with Gasteiger partial charge in [0.05, 0.1) is 27.1 Å². The third kappa shape index (κ3) is 15.7. The Morgan fingerprint density at radius 3 is 1.60 bits per heavy atom. The Hall–Kier alpha value is -0.650. The van der Waals surface area contributed by atoms with Crippen molar-refractivity contribution in [2.45, 2.75) is 0 Å². The number of hydrogen-bond acceptors (Lipinski definition) is 2. The number of carboxylic acid groups (broad SMARTS) is 1. The van der Waals surface area contributed by atoms with Gasteiger partial charge in [-0.25, -0.2) is 0 Å². The van der Waals surface area contributed by atoms with E-state index in [0.29, 0.717) is 4.48 Å². The first-order valence-electron chi connectivity index (χ1n) is 2.42. The van der Waals surface area contributed by atoms with Crippen molar-refractivity contribution in [2.75, 3.05) is 27.7 Å². The molecular formula is C5H15NO4. The zero-order valence-corrected chi connectivity index (χ0v) is 6.47. The van der Waals surface area contributed by atoms with E-state index in [1.165, 1.54) is 0 Å². The minimum Gasteiger partial charge on any atom is -0.544 e. The summed E-state index contributed by atoms with van der Waals surface area (Å²) in [5, 5.41) is 9.89. The summed E-state index contributed by atoms with van der Waals surface area (Å²) in [4.78, 5) is 9.89. The van der Waals surface area contributed by atoms with Gasteiger partial charge in [0.25, 0.3) is 0 Å². The molecule has 0 saturated carbocycles. The SMILES string of the molecule is C[N+](C)(C)CC(=O)[O-].O.O. The molecule has 0 fully saturated rings. The fourth-order valence-corrected chi connectivity index (χ4v) is 0.387. The van der Waals surface area contributed by atoms with E-state index < -0.39 is 5.97 Å². The fraction of sp³-hybridized carbons (Fsp3) is 0.800. The average molecular weight is 153 g/mol. The topological polar surface area (TPSA) is 103 Å². The van der Waals surface area contributed by atoms with Crippen LogP contribution in [0.2, 0.25) is 0 Å². The monoisotopic (exact) mass is 153 g/mol. The van der Waals surface area contributed by atoms with Crippen molar-refractivity contribution in [3.63, 3.8) is 0 Å². The van der Waals surface area contributed by atoms with Gasteiger partial charge in [-0.05, 0) is 0 Å². The van der Waals surface area contributed by atoms with Crippen LogP contribution in [0, 0.1) is 0 Å². The molecule has 0 rings (SSSR count). The molecule has 0 radical (unpaired) electrons. The highest BCUT2D eigenvalue weighted by atomic mass is 16.4. The number of carbonyl (C=O) groups is 1. The van der Waals surface area contributed by atoms with Gasteiger partial charge < -0.3 is 25.3 Å². The first-order valence-corrected chi connectivity index (χ1v) is 2.42. The third-order valence-corrected chi connectivity index (χ3v) is 0.603. The molecule has 0 spiro atoms. The molecule has 0 aromatic rings. The average Bonchev–Trinajstić information content (AvgIpc) is 1.21. The minimum atomic E-state index is -1.00. The standard InChI is InChI=1S/C5H11NO2.2H2O/c1-6(2,3)4-5(7)8;;/h4H2,1-3H3;2*1H2. The minimum absolute atomic E-state index is 0. The molecule has 4 N–H and O–H groups in total. The smallest absolute Gasteiger partial charge is 0.118 e. The van der Waals surface area contributed by atoms with Gasteiger partial charge in [0.1, 0.15) is 6.54 Å². The lowest BCUT2D eigenvalue weighted by molar-refractivity contribution is -0.864. The maximum absolute atomic E-state index is 9.89. The third-order valence-electron chi connectivity index (χ3n) is 0.603. The zero-order chi connectivity index (χ0) is 6.78. The van der Waals surface area contributed by atoms with Gasteiger partial charge in [0.15, 0.2) is 0 Å². The van der Waals surface area contributed by atoms with Gasteiger partial charge in [-0.1, -0.05) is 0 Å². The maximum Gasteiger partial charge on any atom is 0.118 e. The molecule has 0 heterocycles. The van der Waals surface area contributed by atoms with Crippen molar-refractivity contribution in [1.82, 2.24) is 0 Å². The van der Waals surface area contributed by atoms with Gasteiger partial charge in [0.2, 0.25) is 0 Å². The molecule has 0 aromatic carbocycles. The van der Waals surface area contributed by atoms with Crippen molar-refractivity contribution in [3.8, 4) is 0 Å². The maximum atomic E-state index is 9.89. The second-order valence-electron chi connectivity index (χ2n) is 2.82. The van der Waals surface area contributed by atoms with Crippen molar-refractivity contribution >= 4 is 5.97 Å². The van der Waals surface area contributed by atoms with Gasteiger partial charge in [-0.15, -0.1) is 0 Å². The second kappa shape index (κ2) is 5.16. The van der Waals surface area contributed by atoms with Crippen LogP contribution in [0.25, 0.3) is 0 Å². The van der Waals surface area contributed by atoms with Crippen LogP contribution in [0.3, 0.4) is 0 Å². The van der Waals surface area contributed by atoms with E-state index >= 15 is 0 Å². The molecule has 0 unspecified atom stereocenters. The normalized spacial score (nSPS) is 9.10. The number of carboxylic acids is 1. The quantitative estimate of drug-likeness (QED) is 0.390. The Kier molecular flexibility index (Phi) is 8.34. The number of rotatable bonds is 2. The Balaban J connectivity index is -0.000000245. The fourth-order valence-electron chi connectivity index (χ4n) is 0.387. The summed E-state index contributed by atoms with van der Waals surface area (Å²) >= 11 is 0. The molecule has 0 aliphatic carbocycles. The summed E-state index contributed by atoms with van der Waals surface area (Å²) in [7, 11) is 5.40. The number of nitrogens with zero attached hydrogens (tertiary/aromatic N) is 1. The molecule has 0 saturated heterocycles. The molecule has 64 valence electrons. The van der Waals surface area contributed by atoms with Crippen molar-refractivity contribution in [3.05, 3.63) is 0 Å².